The lowest BCUT2D eigenvalue weighted by Gasteiger charge is -2.47. The van der Waals surface area contributed by atoms with Crippen LogP contribution in [-0.4, -0.2) is 107 Å². The van der Waals surface area contributed by atoms with Gasteiger partial charge in [-0.25, -0.2) is 0 Å². The number of aliphatic carboxylic acids is 1. The van der Waals surface area contributed by atoms with E-state index >= 15 is 0 Å². The Balaban J connectivity index is 0.00000137. The van der Waals surface area contributed by atoms with Gasteiger partial charge in [0.25, 0.3) is 11.9 Å². The first-order valence-electron chi connectivity index (χ1n) is 15.0. The molecule has 9 nitrogen and oxygen atoms in total. The predicted octanol–water partition coefficient (Wildman–Crippen LogP) is 5.89. The molecule has 4 rings (SSSR count). The Hall–Kier alpha value is -2.95. The van der Waals surface area contributed by atoms with Gasteiger partial charge >= 0.3 is 12.4 Å². The summed E-state index contributed by atoms with van der Waals surface area (Å²) >= 11 is 12.3. The molecule has 2 aromatic rings. The maximum absolute atomic E-state index is 13.3. The van der Waals surface area contributed by atoms with E-state index in [1.165, 1.54) is 14.0 Å². The summed E-state index contributed by atoms with van der Waals surface area (Å²) in [7, 11) is 1.35. The van der Waals surface area contributed by atoms with E-state index in [9.17, 15) is 36.2 Å². The highest BCUT2D eigenvalue weighted by Gasteiger charge is 2.38. The monoisotopic (exact) mass is 747 g/mol. The third-order valence-electron chi connectivity index (χ3n) is 7.84. The largest absolute Gasteiger partial charge is 0.481 e. The van der Waals surface area contributed by atoms with Gasteiger partial charge in [0.1, 0.15) is 6.29 Å². The molecule has 4 N–H and O–H groups in total. The fourth-order valence-corrected chi connectivity index (χ4v) is 5.69. The normalized spacial score (nSPS) is 16.5. The number of likely N-dealkylation sites (N-methyl/N-ethyl adjacent to an activating group) is 1. The number of nitrogens with zero attached hydrogens (tertiary/aromatic N) is 3. The first-order valence-corrected chi connectivity index (χ1v) is 15.8. The number of likely N-dealkylation sites (tertiary alicyclic amines) is 2. The summed E-state index contributed by atoms with van der Waals surface area (Å²) in [5.74, 6) is -2.10. The summed E-state index contributed by atoms with van der Waals surface area (Å²) in [6, 6.07) is 6.32. The molecule has 0 aromatic heterocycles. The van der Waals surface area contributed by atoms with Crippen molar-refractivity contribution in [2.75, 3.05) is 46.3 Å². The number of carboxylic acids is 1. The summed E-state index contributed by atoms with van der Waals surface area (Å²) in [5, 5.41) is 17.8. The second kappa shape index (κ2) is 19.4. The Labute approximate surface area is 290 Å². The highest BCUT2D eigenvalue weighted by Crippen LogP contribution is 2.37. The molecule has 0 bridgehead atoms. The predicted molar refractivity (Wildman–Crippen MR) is 173 cm³/mol. The average molecular weight is 749 g/mol. The molecule has 1 atom stereocenters. The van der Waals surface area contributed by atoms with E-state index in [1.54, 1.807) is 18.2 Å². The van der Waals surface area contributed by atoms with E-state index in [0.29, 0.717) is 41.2 Å². The summed E-state index contributed by atoms with van der Waals surface area (Å²) in [6.45, 7) is 6.64. The summed E-state index contributed by atoms with van der Waals surface area (Å²) in [4.78, 5) is 36.7. The zero-order chi connectivity index (χ0) is 36.4. The van der Waals surface area contributed by atoms with Gasteiger partial charge in [-0.2, -0.15) is 26.3 Å². The highest BCUT2D eigenvalue weighted by molar-refractivity contribution is 6.42. The van der Waals surface area contributed by atoms with Gasteiger partial charge in [0.05, 0.1) is 27.3 Å². The molecule has 49 heavy (non-hydrogen) atoms. The standard InChI is InChI=1S/C28H31Cl2F6N3O2.C2H4O2.C2H4O.H2O/c1-37(26(41)19-10-20(27(31,32)33)13-21(11-19)28(34,35)36)14-18(17-2-3-24(29)25(30)12-17)4-7-38-15-22(16-38)39-8-5-23(40)6-9-39;1-2(3)4;1-2-3;/h2-3,10-13,18,22-23,40H,4-9,14-16H2,1H3;1H3,(H,3,4);2H,1H3;1H2/t18-;;;/m1.../s1. The van der Waals surface area contributed by atoms with E-state index in [2.05, 4.69) is 9.80 Å². The molecular formula is C32H41Cl2F6N3O6. The Morgan fingerprint density at radius 3 is 1.92 bits per heavy atom. The maximum atomic E-state index is 13.3. The number of amides is 1. The number of benzene rings is 2. The molecule has 0 unspecified atom stereocenters. The van der Waals surface area contributed by atoms with Crippen molar-refractivity contribution in [3.63, 3.8) is 0 Å². The molecule has 17 heteroatoms. The van der Waals surface area contributed by atoms with Crippen LogP contribution in [0.1, 0.15) is 66.1 Å². The molecular weight excluding hydrogens is 707 g/mol. The molecule has 2 aliphatic heterocycles. The Kier molecular flexibility index (Phi) is 17.5. The van der Waals surface area contributed by atoms with Crippen molar-refractivity contribution in [3.05, 3.63) is 68.7 Å². The number of carbonyl (C=O) groups is 3. The minimum atomic E-state index is -5.06. The Morgan fingerprint density at radius 1 is 0.980 bits per heavy atom. The highest BCUT2D eigenvalue weighted by atomic mass is 35.5. The number of carboxylic acid groups (broad SMARTS) is 1. The van der Waals surface area contributed by atoms with Gasteiger partial charge < -0.3 is 30.3 Å². The second-order valence-corrected chi connectivity index (χ2v) is 12.4. The minimum Gasteiger partial charge on any atom is -0.481 e. The van der Waals surface area contributed by atoms with Crippen LogP contribution in [0.3, 0.4) is 0 Å². The third kappa shape index (κ3) is 14.1. The van der Waals surface area contributed by atoms with Gasteiger partial charge in [-0.1, -0.05) is 29.3 Å². The molecule has 1 amide bonds. The fourth-order valence-electron chi connectivity index (χ4n) is 5.39. The van der Waals surface area contributed by atoms with E-state index in [4.69, 9.17) is 37.9 Å². The number of alkyl halides is 6. The Morgan fingerprint density at radius 2 is 1.47 bits per heavy atom. The van der Waals surface area contributed by atoms with E-state index in [0.717, 1.165) is 62.7 Å². The van der Waals surface area contributed by atoms with Crippen LogP contribution < -0.4 is 0 Å². The molecule has 2 aromatic carbocycles. The number of carbonyl (C=O) groups excluding carboxylic acids is 2. The van der Waals surface area contributed by atoms with Gasteiger partial charge in [0.2, 0.25) is 0 Å². The number of aliphatic hydroxyl groups is 1. The molecule has 2 fully saturated rings. The molecule has 2 aliphatic rings. The smallest absolute Gasteiger partial charge is 0.416 e. The van der Waals surface area contributed by atoms with Gasteiger partial charge in [-0.15, -0.1) is 0 Å². The zero-order valence-electron chi connectivity index (χ0n) is 27.1. The third-order valence-corrected chi connectivity index (χ3v) is 8.58. The topological polar surface area (TPSA) is 133 Å². The number of halogens is 8. The number of rotatable bonds is 8. The number of hydrogen-bond donors (Lipinski definition) is 2. The number of hydrogen-bond acceptors (Lipinski definition) is 6. The summed E-state index contributed by atoms with van der Waals surface area (Å²) in [6.07, 6.45) is -7.53. The first kappa shape index (κ1) is 44.1. The lowest BCUT2D eigenvalue weighted by molar-refractivity contribution is -0.143. The van der Waals surface area contributed by atoms with E-state index in [-0.39, 0.29) is 30.1 Å². The van der Waals surface area contributed by atoms with Crippen LogP contribution >= 0.6 is 23.2 Å². The number of aliphatic hydroxyl groups excluding tert-OH is 1. The van der Waals surface area contributed by atoms with Gasteiger partial charge in [-0.3, -0.25) is 14.5 Å². The minimum absolute atomic E-state index is 0. The van der Waals surface area contributed by atoms with Crippen LogP contribution in [0.15, 0.2) is 36.4 Å². The van der Waals surface area contributed by atoms with Gasteiger partial charge in [-0.05, 0) is 68.6 Å². The van der Waals surface area contributed by atoms with Crippen LogP contribution in [0.4, 0.5) is 26.3 Å². The van der Waals surface area contributed by atoms with Crippen molar-refractivity contribution in [2.24, 2.45) is 0 Å². The zero-order valence-corrected chi connectivity index (χ0v) is 28.6. The van der Waals surface area contributed by atoms with Crippen molar-refractivity contribution in [2.45, 2.75) is 63.5 Å². The molecule has 0 aliphatic carbocycles. The average Bonchev–Trinajstić information content (AvgIpc) is 2.96. The number of aldehydes is 1. The molecule has 2 saturated heterocycles. The van der Waals surface area contributed by atoms with Crippen LogP contribution in [-0.2, 0) is 21.9 Å². The lowest BCUT2D eigenvalue weighted by atomic mass is 9.93. The lowest BCUT2D eigenvalue weighted by Crippen LogP contribution is -2.61. The molecule has 0 saturated carbocycles. The molecule has 0 radical (unpaired) electrons. The van der Waals surface area contributed by atoms with Crippen LogP contribution in [0.25, 0.3) is 0 Å². The van der Waals surface area contributed by atoms with Crippen LogP contribution in [0.2, 0.25) is 10.0 Å². The van der Waals surface area contributed by atoms with Crippen molar-refractivity contribution in [1.29, 1.82) is 0 Å². The molecule has 0 spiro atoms. The van der Waals surface area contributed by atoms with Gasteiger partial charge in [0, 0.05) is 64.2 Å². The van der Waals surface area contributed by atoms with E-state index in [1.807, 2.05) is 0 Å². The second-order valence-electron chi connectivity index (χ2n) is 11.6. The van der Waals surface area contributed by atoms with E-state index < -0.39 is 40.9 Å². The van der Waals surface area contributed by atoms with Gasteiger partial charge in [0.15, 0.2) is 0 Å². The number of piperidine rings is 1. The molecule has 2 heterocycles. The van der Waals surface area contributed by atoms with Crippen LogP contribution in [0.5, 0.6) is 0 Å². The van der Waals surface area contributed by atoms with Crippen molar-refractivity contribution in [1.82, 2.24) is 14.7 Å². The van der Waals surface area contributed by atoms with Crippen molar-refractivity contribution in [3.8, 4) is 0 Å². The molecule has 276 valence electrons. The van der Waals surface area contributed by atoms with Crippen LogP contribution in [0, 0.1) is 0 Å². The summed E-state index contributed by atoms with van der Waals surface area (Å²) in [5.41, 5.74) is -3.03. The SMILES string of the molecule is CC(=O)O.CC=O.CN(C[C@@H](CCN1CC(N2CCC(O)CC2)C1)c1ccc(Cl)c(Cl)c1)C(=O)c1cc(C(F)(F)F)cc(C(F)(F)F)c1.O. The summed E-state index contributed by atoms with van der Waals surface area (Å²) < 4.78 is 80.1. The fraction of sp³-hybridized carbons (Fsp3) is 0.531. The quantitative estimate of drug-likeness (QED) is 0.254. The van der Waals surface area contributed by atoms with Crippen molar-refractivity contribution >= 4 is 41.4 Å². The maximum Gasteiger partial charge on any atom is 0.416 e. The Bertz CT molecular complexity index is 1350. The van der Waals surface area contributed by atoms with Crippen molar-refractivity contribution < 1.29 is 56.4 Å². The first-order chi connectivity index (χ1) is 22.3.